The van der Waals surface area contributed by atoms with Crippen molar-refractivity contribution in [1.82, 2.24) is 15.1 Å². The van der Waals surface area contributed by atoms with Gasteiger partial charge in [0.15, 0.2) is 0 Å². The molecular weight excluding hydrogens is 400 g/mol. The van der Waals surface area contributed by atoms with E-state index < -0.39 is 0 Å². The number of fused-ring (bicyclic) bond motifs is 1. The molecule has 0 unspecified atom stereocenters. The average molecular weight is 427 g/mol. The Morgan fingerprint density at radius 3 is 2.47 bits per heavy atom. The smallest absolute Gasteiger partial charge is 0.298 e. The van der Waals surface area contributed by atoms with Gasteiger partial charge in [-0.15, -0.1) is 0 Å². The van der Waals surface area contributed by atoms with E-state index in [0.717, 1.165) is 61.1 Å². The van der Waals surface area contributed by atoms with E-state index in [1.54, 1.807) is 18.0 Å². The third kappa shape index (κ3) is 5.19. The highest BCUT2D eigenvalue weighted by atomic mass is 16.5. The van der Waals surface area contributed by atoms with Gasteiger partial charge < -0.3 is 19.9 Å². The molecule has 1 amide bonds. The SMILES string of the molecule is C1=CN2CNC(c3ccc(Oc4ccccc4)cc3)=C2C=N1.CC#CC(=O)N1CCCC1. The lowest BCUT2D eigenvalue weighted by molar-refractivity contribution is -0.124. The Balaban J connectivity index is 0.000000207. The van der Waals surface area contributed by atoms with E-state index in [4.69, 9.17) is 4.74 Å². The maximum Gasteiger partial charge on any atom is 0.298 e. The summed E-state index contributed by atoms with van der Waals surface area (Å²) in [6, 6.07) is 17.9. The van der Waals surface area contributed by atoms with Crippen molar-refractivity contribution in [2.24, 2.45) is 4.99 Å². The molecule has 1 fully saturated rings. The minimum absolute atomic E-state index is 0.0139. The molecule has 6 nitrogen and oxygen atoms in total. The first-order chi connectivity index (χ1) is 15.7. The van der Waals surface area contributed by atoms with E-state index in [1.807, 2.05) is 54.9 Å². The van der Waals surface area contributed by atoms with Gasteiger partial charge in [0, 0.05) is 31.1 Å². The third-order valence-electron chi connectivity index (χ3n) is 5.27. The number of nitrogens with zero attached hydrogens (tertiary/aromatic N) is 3. The Morgan fingerprint density at radius 1 is 1.03 bits per heavy atom. The molecule has 0 bridgehead atoms. The summed E-state index contributed by atoms with van der Waals surface area (Å²) in [5.74, 6) is 6.78. The number of benzene rings is 2. The van der Waals surface area contributed by atoms with Gasteiger partial charge in [-0.1, -0.05) is 24.1 Å². The van der Waals surface area contributed by atoms with Crippen molar-refractivity contribution in [3.8, 4) is 23.3 Å². The number of nitrogens with one attached hydrogen (secondary N) is 1. The molecule has 1 saturated heterocycles. The number of aliphatic imine (C=N–C) groups is 1. The summed E-state index contributed by atoms with van der Waals surface area (Å²) >= 11 is 0. The first-order valence-corrected chi connectivity index (χ1v) is 10.7. The topological polar surface area (TPSA) is 57.2 Å². The van der Waals surface area contributed by atoms with Crippen LogP contribution >= 0.6 is 0 Å². The fourth-order valence-corrected chi connectivity index (χ4v) is 3.66. The number of hydrogen-bond donors (Lipinski definition) is 1. The van der Waals surface area contributed by atoms with E-state index in [2.05, 4.69) is 39.2 Å². The number of para-hydroxylation sites is 1. The maximum atomic E-state index is 11.0. The number of ether oxygens (including phenoxy) is 1. The van der Waals surface area contributed by atoms with Crippen molar-refractivity contribution in [3.63, 3.8) is 0 Å². The molecule has 0 radical (unpaired) electrons. The molecule has 2 aromatic rings. The van der Waals surface area contributed by atoms with E-state index in [0.29, 0.717) is 0 Å². The van der Waals surface area contributed by atoms with Crippen LogP contribution in [-0.2, 0) is 4.79 Å². The lowest BCUT2D eigenvalue weighted by Gasteiger charge is -2.14. The second-order valence-corrected chi connectivity index (χ2v) is 7.46. The molecule has 162 valence electrons. The Morgan fingerprint density at radius 2 is 1.75 bits per heavy atom. The van der Waals surface area contributed by atoms with Gasteiger partial charge in [0.1, 0.15) is 11.5 Å². The molecule has 0 aliphatic carbocycles. The predicted octanol–water partition coefficient (Wildman–Crippen LogP) is 4.20. The monoisotopic (exact) mass is 426 g/mol. The van der Waals surface area contributed by atoms with Crippen molar-refractivity contribution >= 4 is 17.8 Å². The number of carbonyl (C=O) groups is 1. The van der Waals surface area contributed by atoms with Gasteiger partial charge in [-0.3, -0.25) is 9.79 Å². The molecular formula is C26H26N4O2. The van der Waals surface area contributed by atoms with Crippen LogP contribution in [0.1, 0.15) is 25.3 Å². The highest BCUT2D eigenvalue weighted by Crippen LogP contribution is 2.27. The normalized spacial score (nSPS) is 15.9. The van der Waals surface area contributed by atoms with E-state index >= 15 is 0 Å². The van der Waals surface area contributed by atoms with Gasteiger partial charge >= 0.3 is 0 Å². The quantitative estimate of drug-likeness (QED) is 0.748. The second kappa shape index (κ2) is 10.4. The van der Waals surface area contributed by atoms with Crippen LogP contribution in [0.4, 0.5) is 0 Å². The predicted molar refractivity (Wildman–Crippen MR) is 127 cm³/mol. The van der Waals surface area contributed by atoms with Gasteiger partial charge in [-0.05, 0) is 62.1 Å². The van der Waals surface area contributed by atoms with Gasteiger partial charge in [0.05, 0.1) is 24.3 Å². The third-order valence-corrected chi connectivity index (χ3v) is 5.27. The molecule has 3 aliphatic rings. The Bertz CT molecular complexity index is 1090. The van der Waals surface area contributed by atoms with Crippen molar-refractivity contribution < 1.29 is 9.53 Å². The van der Waals surface area contributed by atoms with Crippen LogP contribution in [0.3, 0.4) is 0 Å². The number of rotatable bonds is 3. The van der Waals surface area contributed by atoms with E-state index in [9.17, 15) is 4.79 Å². The maximum absolute atomic E-state index is 11.0. The highest BCUT2D eigenvalue weighted by molar-refractivity contribution is 5.93. The van der Waals surface area contributed by atoms with Crippen LogP contribution in [0.2, 0.25) is 0 Å². The molecule has 3 heterocycles. The molecule has 32 heavy (non-hydrogen) atoms. The van der Waals surface area contributed by atoms with Crippen molar-refractivity contribution in [1.29, 1.82) is 0 Å². The molecule has 0 spiro atoms. The number of likely N-dealkylation sites (tertiary alicyclic amines) is 1. The van der Waals surface area contributed by atoms with Crippen LogP contribution in [0, 0.1) is 11.8 Å². The van der Waals surface area contributed by atoms with Gasteiger partial charge in [0.2, 0.25) is 0 Å². The summed E-state index contributed by atoms with van der Waals surface area (Å²) in [5.41, 5.74) is 3.32. The molecule has 2 aromatic carbocycles. The zero-order valence-corrected chi connectivity index (χ0v) is 18.1. The van der Waals surface area contributed by atoms with Crippen LogP contribution in [0.15, 0.2) is 77.7 Å². The lowest BCUT2D eigenvalue weighted by Crippen LogP contribution is -2.25. The Labute approximate surface area is 188 Å². The minimum atomic E-state index is -0.0139. The Hall–Kier alpha value is -3.98. The van der Waals surface area contributed by atoms with Crippen molar-refractivity contribution in [2.45, 2.75) is 19.8 Å². The number of amides is 1. The summed E-state index contributed by atoms with van der Waals surface area (Å²) < 4.78 is 5.82. The summed E-state index contributed by atoms with van der Waals surface area (Å²) in [4.78, 5) is 19.1. The first kappa shape index (κ1) is 21.3. The summed E-state index contributed by atoms with van der Waals surface area (Å²) in [6.07, 6.45) is 7.92. The molecule has 0 atom stereocenters. The molecule has 5 rings (SSSR count). The molecule has 0 aromatic heterocycles. The summed E-state index contributed by atoms with van der Waals surface area (Å²) in [7, 11) is 0. The molecule has 3 aliphatic heterocycles. The average Bonchev–Trinajstić information content (AvgIpc) is 3.52. The largest absolute Gasteiger partial charge is 0.457 e. The van der Waals surface area contributed by atoms with Crippen LogP contribution < -0.4 is 10.1 Å². The van der Waals surface area contributed by atoms with Gasteiger partial charge in [0.25, 0.3) is 5.91 Å². The van der Waals surface area contributed by atoms with Crippen molar-refractivity contribution in [3.05, 3.63) is 78.3 Å². The zero-order chi connectivity index (χ0) is 22.2. The molecule has 6 heteroatoms. The van der Waals surface area contributed by atoms with Crippen LogP contribution in [-0.4, -0.2) is 41.7 Å². The standard InChI is InChI=1S/C18H15N3O.C8H11NO/c1-2-4-15(5-3-1)22-16-8-6-14(7-9-16)18-17-12-19-10-11-21(17)13-20-18;1-2-5-8(10)9-6-3-4-7-9/h1-12,20H,13H2;3-4,6-7H2,1H3. The first-order valence-electron chi connectivity index (χ1n) is 10.7. The fraction of sp³-hybridized carbons (Fsp3) is 0.231. The molecule has 0 saturated carbocycles. The van der Waals surface area contributed by atoms with Crippen molar-refractivity contribution in [2.75, 3.05) is 19.8 Å². The highest BCUT2D eigenvalue weighted by Gasteiger charge is 2.21. The molecule has 1 N–H and O–H groups in total. The van der Waals surface area contributed by atoms with Crippen LogP contribution in [0.5, 0.6) is 11.5 Å². The van der Waals surface area contributed by atoms with E-state index in [-0.39, 0.29) is 5.91 Å². The van der Waals surface area contributed by atoms with E-state index in [1.165, 1.54) is 0 Å². The fourth-order valence-electron chi connectivity index (χ4n) is 3.66. The van der Waals surface area contributed by atoms with Gasteiger partial charge in [-0.25, -0.2) is 0 Å². The number of carbonyl (C=O) groups excluding carboxylic acids is 1. The minimum Gasteiger partial charge on any atom is -0.457 e. The number of hydrogen-bond acceptors (Lipinski definition) is 5. The Kier molecular flexibility index (Phi) is 6.88. The van der Waals surface area contributed by atoms with Gasteiger partial charge in [-0.2, -0.15) is 0 Å². The number of allylic oxidation sites excluding steroid dienone is 1. The second-order valence-electron chi connectivity index (χ2n) is 7.46. The summed E-state index contributed by atoms with van der Waals surface area (Å²) in [6.45, 7) is 4.25. The summed E-state index contributed by atoms with van der Waals surface area (Å²) in [5, 5.41) is 3.41. The zero-order valence-electron chi connectivity index (χ0n) is 18.1. The lowest BCUT2D eigenvalue weighted by atomic mass is 10.1. The van der Waals surface area contributed by atoms with Crippen LogP contribution in [0.25, 0.3) is 5.70 Å².